The number of esters is 4. The highest BCUT2D eigenvalue weighted by Crippen LogP contribution is 2.22. The smallest absolute Gasteiger partial charge is 0.330 e. The van der Waals surface area contributed by atoms with E-state index in [0.717, 1.165) is 24.3 Å². The lowest BCUT2D eigenvalue weighted by Gasteiger charge is -2.34. The van der Waals surface area contributed by atoms with E-state index in [1.807, 2.05) is 0 Å². The predicted octanol–water partition coefficient (Wildman–Crippen LogP) is -1.60. The number of carbonyl (C=O) groups is 4. The summed E-state index contributed by atoms with van der Waals surface area (Å²) in [6, 6.07) is 0. The second-order valence-corrected chi connectivity index (χ2v) is 9.51. The number of aliphatic hydroxyl groups excluding tert-OH is 4. The molecular formula is C29H44O16. The number of rotatable bonds is 28. The van der Waals surface area contributed by atoms with Crippen LogP contribution < -0.4 is 0 Å². The van der Waals surface area contributed by atoms with E-state index >= 15 is 0 Å². The molecule has 0 amide bonds. The maximum absolute atomic E-state index is 11.3. The summed E-state index contributed by atoms with van der Waals surface area (Å²) >= 11 is 0. The Morgan fingerprint density at radius 3 is 0.822 bits per heavy atom. The highest BCUT2D eigenvalue weighted by atomic mass is 16.6. The monoisotopic (exact) mass is 648 g/mol. The normalized spacial score (nSPS) is 14.8. The Bertz CT molecular complexity index is 786. The Labute approximate surface area is 261 Å². The third-order valence-electron chi connectivity index (χ3n) is 5.21. The van der Waals surface area contributed by atoms with Crippen molar-refractivity contribution in [3.63, 3.8) is 0 Å². The first-order valence-electron chi connectivity index (χ1n) is 13.6. The van der Waals surface area contributed by atoms with Gasteiger partial charge >= 0.3 is 23.9 Å². The van der Waals surface area contributed by atoms with E-state index in [1.165, 1.54) is 0 Å². The lowest BCUT2D eigenvalue weighted by Crippen LogP contribution is -2.44. The summed E-state index contributed by atoms with van der Waals surface area (Å²) in [6.45, 7) is 9.31. The summed E-state index contributed by atoms with van der Waals surface area (Å²) < 4.78 is 41.7. The molecule has 0 saturated heterocycles. The van der Waals surface area contributed by atoms with Gasteiger partial charge in [0.05, 0.1) is 58.3 Å². The van der Waals surface area contributed by atoms with E-state index in [0.29, 0.717) is 0 Å². The zero-order chi connectivity index (χ0) is 34.1. The maximum Gasteiger partial charge on any atom is 0.330 e. The average Bonchev–Trinajstić information content (AvgIpc) is 3.03. The Kier molecular flexibility index (Phi) is 22.9. The van der Waals surface area contributed by atoms with Gasteiger partial charge in [-0.3, -0.25) is 0 Å². The number of ether oxygens (including phenoxy) is 8. The standard InChI is InChI=1S/C29H44O16/c1-5-25(34)42-13-21(30)9-38-17-29(18-39-10-22(31)14-43-26(35)6-2,19-40-11-23(32)15-44-27(36)7-3)20-41-12-24(33)16-45-28(37)8-4/h5-8,21-24,30-33H,1-4,9-20H2. The van der Waals surface area contributed by atoms with E-state index in [-0.39, 0.29) is 79.3 Å². The molecule has 45 heavy (non-hydrogen) atoms. The predicted molar refractivity (Wildman–Crippen MR) is 154 cm³/mol. The topological polar surface area (TPSA) is 223 Å². The fourth-order valence-electron chi connectivity index (χ4n) is 3.04. The summed E-state index contributed by atoms with van der Waals surface area (Å²) in [7, 11) is 0. The first-order valence-corrected chi connectivity index (χ1v) is 13.6. The molecule has 0 saturated carbocycles. The van der Waals surface area contributed by atoms with Crippen LogP contribution in [0.25, 0.3) is 0 Å². The average molecular weight is 649 g/mol. The highest BCUT2D eigenvalue weighted by molar-refractivity contribution is 5.82. The van der Waals surface area contributed by atoms with Gasteiger partial charge in [0.2, 0.25) is 0 Å². The molecule has 0 aromatic carbocycles. The molecule has 0 aliphatic heterocycles. The molecule has 0 heterocycles. The van der Waals surface area contributed by atoms with Gasteiger partial charge in [-0.25, -0.2) is 19.2 Å². The van der Waals surface area contributed by atoms with Crippen LogP contribution in [0, 0.1) is 5.41 Å². The Balaban J connectivity index is 5.59. The molecule has 0 aliphatic carbocycles. The van der Waals surface area contributed by atoms with Crippen LogP contribution >= 0.6 is 0 Å². The van der Waals surface area contributed by atoms with E-state index in [1.54, 1.807) is 0 Å². The third kappa shape index (κ3) is 21.8. The zero-order valence-electron chi connectivity index (χ0n) is 25.1. The number of aliphatic hydroxyl groups is 4. The molecule has 0 aliphatic rings. The minimum Gasteiger partial charge on any atom is -0.460 e. The fourth-order valence-corrected chi connectivity index (χ4v) is 3.04. The molecule has 16 heteroatoms. The summed E-state index contributed by atoms with van der Waals surface area (Å²) in [5, 5.41) is 40.5. The number of hydrogen-bond acceptors (Lipinski definition) is 16. The molecule has 0 radical (unpaired) electrons. The van der Waals surface area contributed by atoms with Crippen molar-refractivity contribution in [3.05, 3.63) is 50.6 Å². The molecule has 0 aromatic heterocycles. The molecule has 0 fully saturated rings. The van der Waals surface area contributed by atoms with Crippen LogP contribution in [0.1, 0.15) is 0 Å². The van der Waals surface area contributed by atoms with Crippen LogP contribution in [-0.2, 0) is 57.1 Å². The molecular weight excluding hydrogens is 604 g/mol. The molecule has 0 rings (SSSR count). The van der Waals surface area contributed by atoms with E-state index in [4.69, 9.17) is 37.9 Å². The third-order valence-corrected chi connectivity index (χ3v) is 5.21. The van der Waals surface area contributed by atoms with Gasteiger partial charge in [-0.1, -0.05) is 26.3 Å². The SMILES string of the molecule is C=CC(=O)OCC(O)COCC(COCC(O)COC(=O)C=C)(COCC(O)COC(=O)C=C)COCC(O)COC(=O)C=C. The van der Waals surface area contributed by atoms with Gasteiger partial charge in [0.1, 0.15) is 50.8 Å². The molecule has 4 N–H and O–H groups in total. The highest BCUT2D eigenvalue weighted by Gasteiger charge is 2.34. The van der Waals surface area contributed by atoms with Crippen molar-refractivity contribution in [2.45, 2.75) is 24.4 Å². The second-order valence-electron chi connectivity index (χ2n) is 9.51. The van der Waals surface area contributed by atoms with E-state index in [2.05, 4.69) is 26.3 Å². The van der Waals surface area contributed by atoms with Crippen molar-refractivity contribution < 1.29 is 77.5 Å². The Hall–Kier alpha value is -3.48. The molecule has 0 spiro atoms. The number of hydrogen-bond donors (Lipinski definition) is 4. The van der Waals surface area contributed by atoms with Crippen molar-refractivity contribution in [2.75, 3.05) is 79.3 Å². The minimum absolute atomic E-state index is 0.232. The summed E-state index contributed by atoms with van der Waals surface area (Å²) in [6.07, 6.45) is -1.18. The fraction of sp³-hybridized carbons (Fsp3) is 0.586. The van der Waals surface area contributed by atoms with Crippen LogP contribution in [0.4, 0.5) is 0 Å². The maximum atomic E-state index is 11.3. The second kappa shape index (κ2) is 24.8. The molecule has 0 aromatic rings. The molecule has 4 atom stereocenters. The minimum atomic E-state index is -1.23. The van der Waals surface area contributed by atoms with Gasteiger partial charge in [0, 0.05) is 24.3 Å². The van der Waals surface area contributed by atoms with Crippen molar-refractivity contribution in [1.29, 1.82) is 0 Å². The van der Waals surface area contributed by atoms with Crippen LogP contribution in [0.3, 0.4) is 0 Å². The van der Waals surface area contributed by atoms with E-state index in [9.17, 15) is 39.6 Å². The number of carbonyl (C=O) groups excluding carboxylic acids is 4. The van der Waals surface area contributed by atoms with Crippen LogP contribution in [0.5, 0.6) is 0 Å². The summed E-state index contributed by atoms with van der Waals surface area (Å²) in [5.41, 5.74) is -1.23. The van der Waals surface area contributed by atoms with Crippen LogP contribution in [-0.4, -0.2) is 148 Å². The van der Waals surface area contributed by atoms with Gasteiger partial charge in [-0.05, 0) is 0 Å². The Morgan fingerprint density at radius 1 is 0.444 bits per heavy atom. The van der Waals surface area contributed by atoms with Gasteiger partial charge in [-0.15, -0.1) is 0 Å². The van der Waals surface area contributed by atoms with Crippen LogP contribution in [0.15, 0.2) is 50.6 Å². The van der Waals surface area contributed by atoms with Gasteiger partial charge in [-0.2, -0.15) is 0 Å². The molecule has 16 nitrogen and oxygen atoms in total. The largest absolute Gasteiger partial charge is 0.460 e. The summed E-state index contributed by atoms with van der Waals surface area (Å²) in [4.78, 5) is 45.1. The van der Waals surface area contributed by atoms with Crippen molar-refractivity contribution in [2.24, 2.45) is 5.41 Å². The zero-order valence-corrected chi connectivity index (χ0v) is 25.1. The molecule has 0 bridgehead atoms. The lowest BCUT2D eigenvalue weighted by atomic mass is 9.92. The molecule has 4 unspecified atom stereocenters. The van der Waals surface area contributed by atoms with Crippen LogP contribution in [0.2, 0.25) is 0 Å². The molecule has 256 valence electrons. The summed E-state index contributed by atoms with van der Waals surface area (Å²) in [5.74, 6) is -2.98. The van der Waals surface area contributed by atoms with Gasteiger partial charge in [0.25, 0.3) is 0 Å². The van der Waals surface area contributed by atoms with Crippen molar-refractivity contribution >= 4 is 23.9 Å². The van der Waals surface area contributed by atoms with Gasteiger partial charge in [0.15, 0.2) is 0 Å². The van der Waals surface area contributed by atoms with E-state index < -0.39 is 53.7 Å². The first kappa shape index (κ1) is 41.5. The first-order chi connectivity index (χ1) is 21.4. The van der Waals surface area contributed by atoms with Gasteiger partial charge < -0.3 is 58.3 Å². The quantitative estimate of drug-likeness (QED) is 0.0426. The van der Waals surface area contributed by atoms with Crippen molar-refractivity contribution in [3.8, 4) is 0 Å². The lowest BCUT2D eigenvalue weighted by molar-refractivity contribution is -0.151. The van der Waals surface area contributed by atoms with Crippen molar-refractivity contribution in [1.82, 2.24) is 0 Å². The Morgan fingerprint density at radius 2 is 0.644 bits per heavy atom.